The number of rotatable bonds is 5. The van der Waals surface area contributed by atoms with E-state index in [-0.39, 0.29) is 18.4 Å². The van der Waals surface area contributed by atoms with Crippen LogP contribution in [0.2, 0.25) is 0 Å². The van der Waals surface area contributed by atoms with Crippen LogP contribution in [0.5, 0.6) is 17.2 Å². The van der Waals surface area contributed by atoms with Gasteiger partial charge in [-0.3, -0.25) is 4.79 Å². The van der Waals surface area contributed by atoms with Crippen molar-refractivity contribution in [1.82, 2.24) is 0 Å². The van der Waals surface area contributed by atoms with Gasteiger partial charge in [0.1, 0.15) is 24.5 Å². The summed E-state index contributed by atoms with van der Waals surface area (Å²) in [6.45, 7) is 4.83. The highest BCUT2D eigenvalue weighted by Crippen LogP contribution is 2.32. The minimum Gasteiger partial charge on any atom is -0.486 e. The first-order valence-electron chi connectivity index (χ1n) is 9.40. The zero-order valence-electron chi connectivity index (χ0n) is 16.2. The van der Waals surface area contributed by atoms with Crippen molar-refractivity contribution in [3.8, 4) is 17.2 Å². The van der Waals surface area contributed by atoms with E-state index in [2.05, 4.69) is 5.32 Å². The van der Waals surface area contributed by atoms with Gasteiger partial charge in [-0.25, -0.2) is 4.79 Å². The number of hydrogen-bond donors (Lipinski definition) is 1. The van der Waals surface area contributed by atoms with Crippen molar-refractivity contribution in [3.63, 3.8) is 0 Å². The normalized spacial score (nSPS) is 12.8. The van der Waals surface area contributed by atoms with Gasteiger partial charge in [-0.2, -0.15) is 0 Å². The molecule has 0 unspecified atom stereocenters. The van der Waals surface area contributed by atoms with E-state index in [0.29, 0.717) is 41.7 Å². The highest BCUT2D eigenvalue weighted by Gasteiger charge is 2.14. The maximum absolute atomic E-state index is 12.2. The van der Waals surface area contributed by atoms with Crippen molar-refractivity contribution in [2.24, 2.45) is 0 Å². The van der Waals surface area contributed by atoms with Gasteiger partial charge in [0.05, 0.1) is 0 Å². The molecule has 1 aliphatic heterocycles. The van der Waals surface area contributed by atoms with Crippen LogP contribution >= 0.6 is 0 Å². The van der Waals surface area contributed by atoms with E-state index in [1.54, 1.807) is 30.3 Å². The van der Waals surface area contributed by atoms with Crippen LogP contribution in [0.4, 0.5) is 5.69 Å². The Kier molecular flexibility index (Phi) is 5.12. The zero-order chi connectivity index (χ0) is 20.4. The summed E-state index contributed by atoms with van der Waals surface area (Å²) in [6, 6.07) is 11.9. The first-order valence-corrected chi connectivity index (χ1v) is 9.40. The minimum absolute atomic E-state index is 0.185. The van der Waals surface area contributed by atoms with Gasteiger partial charge >= 0.3 is 5.63 Å². The molecule has 4 rings (SSSR count). The predicted octanol–water partition coefficient (Wildman–Crippen LogP) is 3.71. The standard InChI is InChI=1S/C22H21NO6/c1-13(2)17-11-22(25)29-19-10-15(4-5-16(17)19)28-12-21(24)23-14-3-6-18-20(9-14)27-8-7-26-18/h3-6,9-11,13H,7-8,12H2,1-2H3,(H,23,24). The second-order valence-corrected chi connectivity index (χ2v) is 7.03. The Bertz CT molecular complexity index is 1120. The van der Waals surface area contributed by atoms with Gasteiger partial charge in [0.2, 0.25) is 0 Å². The molecule has 3 aromatic rings. The van der Waals surface area contributed by atoms with E-state index in [1.807, 2.05) is 19.9 Å². The Balaban J connectivity index is 1.44. The monoisotopic (exact) mass is 395 g/mol. The van der Waals surface area contributed by atoms with Crippen LogP contribution in [0.15, 0.2) is 51.7 Å². The molecular formula is C22H21NO6. The quantitative estimate of drug-likeness (QED) is 0.663. The van der Waals surface area contributed by atoms with Gasteiger partial charge in [-0.1, -0.05) is 13.8 Å². The number of nitrogens with one attached hydrogen (secondary N) is 1. The van der Waals surface area contributed by atoms with Crippen molar-refractivity contribution in [3.05, 3.63) is 58.4 Å². The zero-order valence-corrected chi connectivity index (χ0v) is 16.2. The highest BCUT2D eigenvalue weighted by atomic mass is 16.6. The van der Waals surface area contributed by atoms with Crippen LogP contribution in [0.25, 0.3) is 11.0 Å². The second kappa shape index (κ2) is 7.87. The number of carbonyl (C=O) groups is 1. The van der Waals surface area contributed by atoms with Crippen LogP contribution in [0, 0.1) is 0 Å². The summed E-state index contributed by atoms with van der Waals surface area (Å²) in [5.74, 6) is 1.56. The third kappa shape index (κ3) is 4.18. The molecular weight excluding hydrogens is 374 g/mol. The molecule has 0 atom stereocenters. The van der Waals surface area contributed by atoms with E-state index in [9.17, 15) is 9.59 Å². The van der Waals surface area contributed by atoms with E-state index >= 15 is 0 Å². The van der Waals surface area contributed by atoms with E-state index < -0.39 is 5.63 Å². The maximum atomic E-state index is 12.2. The molecule has 0 saturated heterocycles. The van der Waals surface area contributed by atoms with Gasteiger partial charge in [0.15, 0.2) is 18.1 Å². The molecule has 0 saturated carbocycles. The van der Waals surface area contributed by atoms with Gasteiger partial charge in [0.25, 0.3) is 5.91 Å². The Hall–Kier alpha value is -3.48. The van der Waals surface area contributed by atoms with Crippen molar-refractivity contribution >= 4 is 22.6 Å². The minimum atomic E-state index is -0.408. The smallest absolute Gasteiger partial charge is 0.336 e. The Morgan fingerprint density at radius 1 is 1.07 bits per heavy atom. The lowest BCUT2D eigenvalue weighted by atomic mass is 10.00. The lowest BCUT2D eigenvalue weighted by Crippen LogP contribution is -2.20. The summed E-state index contributed by atoms with van der Waals surface area (Å²) >= 11 is 0. The Morgan fingerprint density at radius 2 is 1.86 bits per heavy atom. The van der Waals surface area contributed by atoms with Crippen LogP contribution < -0.4 is 25.2 Å². The van der Waals surface area contributed by atoms with Gasteiger partial charge in [0, 0.05) is 29.3 Å². The summed E-state index contributed by atoms with van der Waals surface area (Å²) in [7, 11) is 0. The molecule has 2 heterocycles. The number of amides is 1. The lowest BCUT2D eigenvalue weighted by Gasteiger charge is -2.19. The number of fused-ring (bicyclic) bond motifs is 2. The van der Waals surface area contributed by atoms with Gasteiger partial charge in [-0.05, 0) is 35.7 Å². The van der Waals surface area contributed by atoms with E-state index in [1.165, 1.54) is 6.07 Å². The average Bonchev–Trinajstić information content (AvgIpc) is 2.71. The summed E-state index contributed by atoms with van der Waals surface area (Å²) in [6.07, 6.45) is 0. The summed E-state index contributed by atoms with van der Waals surface area (Å²) in [5, 5.41) is 3.61. The van der Waals surface area contributed by atoms with Crippen LogP contribution in [-0.2, 0) is 4.79 Å². The lowest BCUT2D eigenvalue weighted by molar-refractivity contribution is -0.118. The topological polar surface area (TPSA) is 87.0 Å². The first kappa shape index (κ1) is 18.9. The summed E-state index contributed by atoms with van der Waals surface area (Å²) in [4.78, 5) is 24.0. The number of ether oxygens (including phenoxy) is 3. The summed E-state index contributed by atoms with van der Waals surface area (Å²) < 4.78 is 21.8. The summed E-state index contributed by atoms with van der Waals surface area (Å²) in [5.41, 5.74) is 1.54. The van der Waals surface area contributed by atoms with Gasteiger partial charge < -0.3 is 23.9 Å². The van der Waals surface area contributed by atoms with E-state index in [4.69, 9.17) is 18.6 Å². The molecule has 0 fully saturated rings. The third-order valence-corrected chi connectivity index (χ3v) is 4.57. The molecule has 0 aliphatic carbocycles. The molecule has 1 N–H and O–H groups in total. The average molecular weight is 395 g/mol. The molecule has 2 aromatic carbocycles. The molecule has 1 aromatic heterocycles. The fourth-order valence-electron chi connectivity index (χ4n) is 3.20. The Morgan fingerprint density at radius 3 is 2.66 bits per heavy atom. The predicted molar refractivity (Wildman–Crippen MR) is 108 cm³/mol. The molecule has 0 spiro atoms. The molecule has 150 valence electrons. The Labute approximate surface area is 167 Å². The third-order valence-electron chi connectivity index (χ3n) is 4.57. The van der Waals surface area contributed by atoms with Crippen molar-refractivity contribution in [2.75, 3.05) is 25.1 Å². The molecule has 1 aliphatic rings. The second-order valence-electron chi connectivity index (χ2n) is 7.03. The molecule has 7 heteroatoms. The van der Waals surface area contributed by atoms with Crippen molar-refractivity contribution < 1.29 is 23.4 Å². The molecule has 0 radical (unpaired) electrons. The van der Waals surface area contributed by atoms with Crippen LogP contribution in [0.1, 0.15) is 25.3 Å². The largest absolute Gasteiger partial charge is 0.486 e. The number of anilines is 1. The van der Waals surface area contributed by atoms with Crippen molar-refractivity contribution in [2.45, 2.75) is 19.8 Å². The molecule has 29 heavy (non-hydrogen) atoms. The van der Waals surface area contributed by atoms with Crippen LogP contribution in [0.3, 0.4) is 0 Å². The molecule has 1 amide bonds. The maximum Gasteiger partial charge on any atom is 0.336 e. The highest BCUT2D eigenvalue weighted by molar-refractivity contribution is 5.92. The van der Waals surface area contributed by atoms with Crippen LogP contribution in [-0.4, -0.2) is 25.7 Å². The van der Waals surface area contributed by atoms with Crippen molar-refractivity contribution in [1.29, 1.82) is 0 Å². The number of carbonyl (C=O) groups excluding carboxylic acids is 1. The molecule has 0 bridgehead atoms. The number of hydrogen-bond acceptors (Lipinski definition) is 6. The van der Waals surface area contributed by atoms with E-state index in [0.717, 1.165) is 10.9 Å². The fourth-order valence-corrected chi connectivity index (χ4v) is 3.20. The first-order chi connectivity index (χ1) is 14.0. The number of benzene rings is 2. The SMILES string of the molecule is CC(C)c1cc(=O)oc2cc(OCC(=O)Nc3ccc4c(c3)OCCO4)ccc12. The molecule has 7 nitrogen and oxygen atoms in total. The van der Waals surface area contributed by atoms with Gasteiger partial charge in [-0.15, -0.1) is 0 Å². The fraction of sp³-hybridized carbons (Fsp3) is 0.273.